The van der Waals surface area contributed by atoms with Gasteiger partial charge in [0.2, 0.25) is 0 Å². The molecule has 0 radical (unpaired) electrons. The first kappa shape index (κ1) is 22.0. The number of benzene rings is 1. The number of nitrogens with one attached hydrogen (secondary N) is 1. The van der Waals surface area contributed by atoms with Crippen LogP contribution in [0.15, 0.2) is 29.3 Å². The molecule has 0 aromatic heterocycles. The van der Waals surface area contributed by atoms with E-state index in [1.54, 1.807) is 7.11 Å². The number of methoxy groups -OCH3 is 1. The number of hydrogen-bond donors (Lipinski definition) is 1. The molecule has 1 aromatic rings. The zero-order valence-corrected chi connectivity index (χ0v) is 18.0. The maximum Gasteiger partial charge on any atom is 0.194 e. The predicted octanol–water partition coefficient (Wildman–Crippen LogP) is 3.53. The SMILES string of the molecule is CCCOc1cccc(CN=C(NCC)N2CCC(COC)C2)c1.I. The summed E-state index contributed by atoms with van der Waals surface area (Å²) in [6, 6.07) is 8.22. The number of hydrogen-bond acceptors (Lipinski definition) is 3. The fourth-order valence-electron chi connectivity index (χ4n) is 2.94. The van der Waals surface area contributed by atoms with E-state index in [0.717, 1.165) is 51.0 Å². The van der Waals surface area contributed by atoms with Gasteiger partial charge in [0.1, 0.15) is 5.75 Å². The lowest BCUT2D eigenvalue weighted by Crippen LogP contribution is -2.40. The Balaban J connectivity index is 0.00000312. The molecule has 1 fully saturated rings. The van der Waals surface area contributed by atoms with Crippen molar-refractivity contribution in [3.05, 3.63) is 29.8 Å². The second kappa shape index (κ2) is 12.4. The number of nitrogens with zero attached hydrogens (tertiary/aromatic N) is 2. The Morgan fingerprint density at radius 3 is 2.92 bits per heavy atom. The van der Waals surface area contributed by atoms with Crippen molar-refractivity contribution >= 4 is 29.9 Å². The molecule has 1 heterocycles. The summed E-state index contributed by atoms with van der Waals surface area (Å²) in [5, 5.41) is 3.41. The van der Waals surface area contributed by atoms with E-state index < -0.39 is 0 Å². The standard InChI is InChI=1S/C19H31N3O2.HI/c1-4-11-24-18-8-6-7-16(12-18)13-21-19(20-5-2)22-10-9-17(14-22)15-23-3;/h6-8,12,17H,4-5,9-11,13-15H2,1-3H3,(H,20,21);1H. The third-order valence-electron chi connectivity index (χ3n) is 4.11. The highest BCUT2D eigenvalue weighted by atomic mass is 127. The molecule has 0 bridgehead atoms. The molecule has 0 saturated carbocycles. The smallest absolute Gasteiger partial charge is 0.194 e. The Bertz CT molecular complexity index is 525. The van der Waals surface area contributed by atoms with E-state index in [2.05, 4.69) is 36.2 Å². The summed E-state index contributed by atoms with van der Waals surface area (Å²) in [6.45, 7) is 9.40. The third kappa shape index (κ3) is 7.40. The molecule has 1 unspecified atom stereocenters. The predicted molar refractivity (Wildman–Crippen MR) is 114 cm³/mol. The molecular formula is C19H32IN3O2. The molecule has 5 nitrogen and oxygen atoms in total. The van der Waals surface area contributed by atoms with E-state index in [4.69, 9.17) is 14.5 Å². The molecule has 1 saturated heterocycles. The molecule has 1 atom stereocenters. The highest BCUT2D eigenvalue weighted by molar-refractivity contribution is 14.0. The van der Waals surface area contributed by atoms with E-state index in [9.17, 15) is 0 Å². The van der Waals surface area contributed by atoms with Gasteiger partial charge in [-0.2, -0.15) is 0 Å². The summed E-state index contributed by atoms with van der Waals surface area (Å²) in [4.78, 5) is 7.15. The number of halogens is 1. The van der Waals surface area contributed by atoms with Crippen LogP contribution in [0.25, 0.3) is 0 Å². The summed E-state index contributed by atoms with van der Waals surface area (Å²) >= 11 is 0. The minimum absolute atomic E-state index is 0. The zero-order chi connectivity index (χ0) is 17.2. The van der Waals surface area contributed by atoms with Crippen molar-refractivity contribution < 1.29 is 9.47 Å². The maximum absolute atomic E-state index is 5.70. The van der Waals surface area contributed by atoms with Gasteiger partial charge < -0.3 is 19.7 Å². The lowest BCUT2D eigenvalue weighted by Gasteiger charge is -2.21. The van der Waals surface area contributed by atoms with Crippen molar-refractivity contribution in [1.82, 2.24) is 10.2 Å². The molecule has 0 spiro atoms. The van der Waals surface area contributed by atoms with Gasteiger partial charge in [-0.05, 0) is 37.5 Å². The lowest BCUT2D eigenvalue weighted by atomic mass is 10.1. The van der Waals surface area contributed by atoms with Gasteiger partial charge >= 0.3 is 0 Å². The fourth-order valence-corrected chi connectivity index (χ4v) is 2.94. The van der Waals surface area contributed by atoms with Crippen LogP contribution in [0.1, 0.15) is 32.3 Å². The second-order valence-corrected chi connectivity index (χ2v) is 6.22. The number of ether oxygens (including phenoxy) is 2. The quantitative estimate of drug-likeness (QED) is 0.366. The van der Waals surface area contributed by atoms with Crippen LogP contribution in [-0.2, 0) is 11.3 Å². The summed E-state index contributed by atoms with van der Waals surface area (Å²) in [6.07, 6.45) is 2.18. The average Bonchev–Trinajstić information content (AvgIpc) is 3.06. The first-order valence-electron chi connectivity index (χ1n) is 9.00. The first-order chi connectivity index (χ1) is 11.8. The van der Waals surface area contributed by atoms with E-state index in [1.165, 1.54) is 12.0 Å². The Hall–Kier alpha value is -1.02. The highest BCUT2D eigenvalue weighted by Gasteiger charge is 2.24. The Morgan fingerprint density at radius 2 is 2.20 bits per heavy atom. The molecular weight excluding hydrogens is 429 g/mol. The van der Waals surface area contributed by atoms with Crippen LogP contribution in [0.5, 0.6) is 5.75 Å². The number of aliphatic imine (C=N–C) groups is 1. The molecule has 6 heteroatoms. The molecule has 0 amide bonds. The molecule has 1 aliphatic rings. The van der Waals surface area contributed by atoms with E-state index in [1.807, 2.05) is 12.1 Å². The van der Waals surface area contributed by atoms with Gasteiger partial charge in [-0.1, -0.05) is 19.1 Å². The second-order valence-electron chi connectivity index (χ2n) is 6.22. The van der Waals surface area contributed by atoms with Gasteiger partial charge in [0.05, 0.1) is 19.8 Å². The van der Waals surface area contributed by atoms with Crippen molar-refractivity contribution in [3.63, 3.8) is 0 Å². The Kier molecular flexibility index (Phi) is 10.9. The maximum atomic E-state index is 5.70. The number of guanidine groups is 1. The van der Waals surface area contributed by atoms with E-state index in [-0.39, 0.29) is 24.0 Å². The van der Waals surface area contributed by atoms with Crippen LogP contribution in [0.3, 0.4) is 0 Å². The fraction of sp³-hybridized carbons (Fsp3) is 0.632. The Labute approximate surface area is 169 Å². The summed E-state index contributed by atoms with van der Waals surface area (Å²) < 4.78 is 11.0. The minimum atomic E-state index is 0. The Morgan fingerprint density at radius 1 is 1.36 bits per heavy atom. The van der Waals surface area contributed by atoms with E-state index in [0.29, 0.717) is 12.5 Å². The van der Waals surface area contributed by atoms with Crippen LogP contribution in [-0.4, -0.2) is 50.8 Å². The van der Waals surface area contributed by atoms with Crippen molar-refractivity contribution in [1.29, 1.82) is 0 Å². The minimum Gasteiger partial charge on any atom is -0.494 e. The van der Waals surface area contributed by atoms with Crippen molar-refractivity contribution in [2.75, 3.05) is 40.0 Å². The zero-order valence-electron chi connectivity index (χ0n) is 15.7. The van der Waals surface area contributed by atoms with Crippen molar-refractivity contribution in [2.24, 2.45) is 10.9 Å². The number of likely N-dealkylation sites (tertiary alicyclic amines) is 1. The topological polar surface area (TPSA) is 46.1 Å². The van der Waals surface area contributed by atoms with Gasteiger partial charge in [-0.25, -0.2) is 4.99 Å². The monoisotopic (exact) mass is 461 g/mol. The summed E-state index contributed by atoms with van der Waals surface area (Å²) in [7, 11) is 1.77. The van der Waals surface area contributed by atoms with Crippen LogP contribution in [0.4, 0.5) is 0 Å². The normalized spacial score (nSPS) is 17.3. The van der Waals surface area contributed by atoms with Crippen molar-refractivity contribution in [3.8, 4) is 5.75 Å². The molecule has 1 aromatic carbocycles. The van der Waals surface area contributed by atoms with E-state index >= 15 is 0 Å². The van der Waals surface area contributed by atoms with Gasteiger partial charge in [0, 0.05) is 32.7 Å². The summed E-state index contributed by atoms with van der Waals surface area (Å²) in [5.74, 6) is 2.52. The molecule has 2 rings (SSSR count). The van der Waals surface area contributed by atoms with Gasteiger partial charge in [0.15, 0.2) is 5.96 Å². The molecule has 0 aliphatic carbocycles. The van der Waals surface area contributed by atoms with Crippen LogP contribution < -0.4 is 10.1 Å². The van der Waals surface area contributed by atoms with Gasteiger partial charge in [-0.3, -0.25) is 0 Å². The molecule has 1 aliphatic heterocycles. The molecule has 1 N–H and O–H groups in total. The lowest BCUT2D eigenvalue weighted by molar-refractivity contribution is 0.157. The average molecular weight is 461 g/mol. The third-order valence-corrected chi connectivity index (χ3v) is 4.11. The van der Waals surface area contributed by atoms with Crippen LogP contribution in [0, 0.1) is 5.92 Å². The number of rotatable bonds is 8. The largest absolute Gasteiger partial charge is 0.494 e. The highest BCUT2D eigenvalue weighted by Crippen LogP contribution is 2.18. The van der Waals surface area contributed by atoms with Gasteiger partial charge in [0.25, 0.3) is 0 Å². The molecule has 25 heavy (non-hydrogen) atoms. The van der Waals surface area contributed by atoms with Crippen molar-refractivity contribution in [2.45, 2.75) is 33.2 Å². The first-order valence-corrected chi connectivity index (χ1v) is 9.00. The van der Waals surface area contributed by atoms with Crippen LogP contribution in [0.2, 0.25) is 0 Å². The molecule has 142 valence electrons. The van der Waals surface area contributed by atoms with Crippen LogP contribution >= 0.6 is 24.0 Å². The van der Waals surface area contributed by atoms with Gasteiger partial charge in [-0.15, -0.1) is 24.0 Å². The summed E-state index contributed by atoms with van der Waals surface area (Å²) in [5.41, 5.74) is 1.17.